The fraction of sp³-hybridized carbons (Fsp3) is 0.263. The van der Waals surface area contributed by atoms with E-state index < -0.39 is 0 Å². The average molecular weight is 345 g/mol. The molecule has 0 unspecified atom stereocenters. The monoisotopic (exact) mass is 344 g/mol. The van der Waals surface area contributed by atoms with Gasteiger partial charge in [-0.2, -0.15) is 0 Å². The summed E-state index contributed by atoms with van der Waals surface area (Å²) in [6.45, 7) is 7.69. The fourth-order valence-corrected chi connectivity index (χ4v) is 2.82. The van der Waals surface area contributed by atoms with Gasteiger partial charge in [0.2, 0.25) is 11.8 Å². The molecule has 0 aliphatic carbocycles. The Morgan fingerprint density at radius 1 is 0.958 bits per heavy atom. The molecule has 0 saturated heterocycles. The number of anilines is 2. The van der Waals surface area contributed by atoms with Crippen molar-refractivity contribution in [3.05, 3.63) is 57.6 Å². The summed E-state index contributed by atoms with van der Waals surface area (Å²) in [4.78, 5) is 24.2. The molecular formula is C19H21ClN2O2. The lowest BCUT2D eigenvalue weighted by Crippen LogP contribution is -2.22. The minimum Gasteiger partial charge on any atom is -0.325 e. The number of carbonyl (C=O) groups is 2. The second-order valence-corrected chi connectivity index (χ2v) is 6.37. The van der Waals surface area contributed by atoms with Crippen molar-refractivity contribution >= 4 is 34.8 Å². The van der Waals surface area contributed by atoms with E-state index >= 15 is 0 Å². The zero-order valence-corrected chi connectivity index (χ0v) is 15.0. The van der Waals surface area contributed by atoms with Crippen LogP contribution >= 0.6 is 11.6 Å². The predicted molar refractivity (Wildman–Crippen MR) is 98.7 cm³/mol. The first-order valence-corrected chi connectivity index (χ1v) is 8.08. The maximum atomic E-state index is 12.2. The molecule has 5 heteroatoms. The molecule has 0 heterocycles. The number of carbonyl (C=O) groups excluding carboxylic acids is 2. The van der Waals surface area contributed by atoms with E-state index in [9.17, 15) is 9.59 Å². The van der Waals surface area contributed by atoms with Crippen LogP contribution in [0.5, 0.6) is 0 Å². The SMILES string of the molecule is Cc1cc(C)c(NC(=O)CC(=O)Nc2cccc(Cl)c2C)c(C)c1. The van der Waals surface area contributed by atoms with Crippen LogP contribution in [0.1, 0.15) is 28.7 Å². The molecule has 24 heavy (non-hydrogen) atoms. The molecule has 0 bridgehead atoms. The molecular weight excluding hydrogens is 324 g/mol. The third-order valence-electron chi connectivity index (χ3n) is 3.80. The third-order valence-corrected chi connectivity index (χ3v) is 4.21. The molecule has 2 amide bonds. The number of aryl methyl sites for hydroxylation is 3. The van der Waals surface area contributed by atoms with Crippen LogP contribution in [0, 0.1) is 27.7 Å². The first-order valence-electron chi connectivity index (χ1n) is 7.70. The van der Waals surface area contributed by atoms with Gasteiger partial charge in [0.1, 0.15) is 6.42 Å². The van der Waals surface area contributed by atoms with Crippen LogP contribution < -0.4 is 10.6 Å². The highest BCUT2D eigenvalue weighted by Crippen LogP contribution is 2.24. The Hall–Kier alpha value is -2.33. The number of halogens is 1. The molecule has 0 aliphatic rings. The quantitative estimate of drug-likeness (QED) is 0.800. The number of hydrogen-bond donors (Lipinski definition) is 2. The molecule has 0 aliphatic heterocycles. The van der Waals surface area contributed by atoms with Gasteiger partial charge in [0, 0.05) is 16.4 Å². The van der Waals surface area contributed by atoms with Crippen molar-refractivity contribution < 1.29 is 9.59 Å². The topological polar surface area (TPSA) is 58.2 Å². The highest BCUT2D eigenvalue weighted by Gasteiger charge is 2.14. The summed E-state index contributed by atoms with van der Waals surface area (Å²) in [7, 11) is 0. The number of nitrogens with one attached hydrogen (secondary N) is 2. The Morgan fingerprint density at radius 3 is 2.17 bits per heavy atom. The molecule has 2 rings (SSSR count). The van der Waals surface area contributed by atoms with Crippen LogP contribution in [-0.2, 0) is 9.59 Å². The highest BCUT2D eigenvalue weighted by molar-refractivity contribution is 6.31. The molecule has 0 aromatic heterocycles. The van der Waals surface area contributed by atoms with E-state index in [1.165, 1.54) is 0 Å². The molecule has 0 atom stereocenters. The van der Waals surface area contributed by atoms with Gasteiger partial charge >= 0.3 is 0 Å². The van der Waals surface area contributed by atoms with Crippen molar-refractivity contribution in [2.24, 2.45) is 0 Å². The summed E-state index contributed by atoms with van der Waals surface area (Å²) in [5.74, 6) is -0.720. The molecule has 4 nitrogen and oxygen atoms in total. The third kappa shape index (κ3) is 4.36. The Bertz CT molecular complexity index is 777. The van der Waals surface area contributed by atoms with E-state index in [2.05, 4.69) is 10.6 Å². The van der Waals surface area contributed by atoms with Gasteiger partial charge in [-0.25, -0.2) is 0 Å². The average Bonchev–Trinajstić information content (AvgIpc) is 2.47. The lowest BCUT2D eigenvalue weighted by atomic mass is 10.0. The van der Waals surface area contributed by atoms with Gasteiger partial charge in [-0.05, 0) is 56.5 Å². The zero-order chi connectivity index (χ0) is 17.9. The normalized spacial score (nSPS) is 10.4. The van der Waals surface area contributed by atoms with E-state index in [4.69, 9.17) is 11.6 Å². The molecule has 2 N–H and O–H groups in total. The Balaban J connectivity index is 2.02. The van der Waals surface area contributed by atoms with Crippen LogP contribution in [0.15, 0.2) is 30.3 Å². The molecule has 2 aromatic carbocycles. The summed E-state index contributed by atoms with van der Waals surface area (Å²) >= 11 is 6.03. The van der Waals surface area contributed by atoms with Crippen molar-refractivity contribution in [3.8, 4) is 0 Å². The zero-order valence-electron chi connectivity index (χ0n) is 14.3. The molecule has 0 radical (unpaired) electrons. The van der Waals surface area contributed by atoms with E-state index in [0.717, 1.165) is 27.9 Å². The van der Waals surface area contributed by atoms with Crippen LogP contribution in [-0.4, -0.2) is 11.8 Å². The van der Waals surface area contributed by atoms with E-state index in [-0.39, 0.29) is 18.2 Å². The second-order valence-electron chi connectivity index (χ2n) is 5.96. The molecule has 0 spiro atoms. The lowest BCUT2D eigenvalue weighted by molar-refractivity contribution is -0.123. The van der Waals surface area contributed by atoms with Crippen LogP contribution in [0.3, 0.4) is 0 Å². The standard InChI is InChI=1S/C19H21ClN2O2/c1-11-8-12(2)19(13(3)9-11)22-18(24)10-17(23)21-16-7-5-6-15(20)14(16)4/h5-9H,10H2,1-4H3,(H,21,23)(H,22,24). The van der Waals surface area contributed by atoms with Gasteiger partial charge in [0.25, 0.3) is 0 Å². The minimum atomic E-state index is -0.375. The number of benzene rings is 2. The summed E-state index contributed by atoms with van der Waals surface area (Å²) in [5, 5.41) is 6.12. The Labute approximate surface area is 147 Å². The van der Waals surface area contributed by atoms with Crippen LogP contribution in [0.4, 0.5) is 11.4 Å². The van der Waals surface area contributed by atoms with E-state index in [0.29, 0.717) is 10.7 Å². The summed E-state index contributed by atoms with van der Waals surface area (Å²) in [6.07, 6.45) is -0.251. The summed E-state index contributed by atoms with van der Waals surface area (Å²) in [6, 6.07) is 9.26. The van der Waals surface area contributed by atoms with Crippen LogP contribution in [0.25, 0.3) is 0 Å². The highest BCUT2D eigenvalue weighted by atomic mass is 35.5. The maximum absolute atomic E-state index is 12.2. The van der Waals surface area contributed by atoms with E-state index in [1.807, 2.05) is 39.8 Å². The lowest BCUT2D eigenvalue weighted by Gasteiger charge is -2.13. The molecule has 2 aromatic rings. The van der Waals surface area contributed by atoms with E-state index in [1.54, 1.807) is 18.2 Å². The number of hydrogen-bond acceptors (Lipinski definition) is 2. The summed E-state index contributed by atoms with van der Waals surface area (Å²) < 4.78 is 0. The van der Waals surface area contributed by atoms with Gasteiger partial charge in [-0.15, -0.1) is 0 Å². The van der Waals surface area contributed by atoms with Crippen molar-refractivity contribution in [3.63, 3.8) is 0 Å². The van der Waals surface area contributed by atoms with Gasteiger partial charge < -0.3 is 10.6 Å². The van der Waals surface area contributed by atoms with Gasteiger partial charge in [-0.3, -0.25) is 9.59 Å². The minimum absolute atomic E-state index is 0.251. The van der Waals surface area contributed by atoms with Crippen molar-refractivity contribution in [1.82, 2.24) is 0 Å². The molecule has 126 valence electrons. The van der Waals surface area contributed by atoms with Crippen molar-refractivity contribution in [2.75, 3.05) is 10.6 Å². The first-order chi connectivity index (χ1) is 11.3. The Morgan fingerprint density at radius 2 is 1.54 bits per heavy atom. The summed E-state index contributed by atoms with van der Waals surface area (Å²) in [5.41, 5.74) is 5.24. The number of amides is 2. The first kappa shape index (κ1) is 18.0. The Kier molecular flexibility index (Phi) is 5.62. The number of rotatable bonds is 4. The smallest absolute Gasteiger partial charge is 0.233 e. The molecule has 0 fully saturated rings. The van der Waals surface area contributed by atoms with Gasteiger partial charge in [-0.1, -0.05) is 35.4 Å². The van der Waals surface area contributed by atoms with Crippen molar-refractivity contribution in [1.29, 1.82) is 0 Å². The predicted octanol–water partition coefficient (Wildman–Crippen LogP) is 4.54. The van der Waals surface area contributed by atoms with Gasteiger partial charge in [0.05, 0.1) is 0 Å². The fourth-order valence-electron chi connectivity index (χ4n) is 2.64. The van der Waals surface area contributed by atoms with Crippen molar-refractivity contribution in [2.45, 2.75) is 34.1 Å². The molecule has 0 saturated carbocycles. The largest absolute Gasteiger partial charge is 0.325 e. The van der Waals surface area contributed by atoms with Crippen LogP contribution in [0.2, 0.25) is 5.02 Å². The second kappa shape index (κ2) is 7.49. The van der Waals surface area contributed by atoms with Gasteiger partial charge in [0.15, 0.2) is 0 Å². The maximum Gasteiger partial charge on any atom is 0.233 e.